The fourth-order valence-corrected chi connectivity index (χ4v) is 6.49. The van der Waals surface area contributed by atoms with E-state index in [1.165, 1.54) is 96.3 Å². The predicted molar refractivity (Wildman–Crippen MR) is 242 cm³/mol. The Morgan fingerprint density at radius 1 is 0.368 bits per heavy atom. The number of hydrogen-bond donors (Lipinski definition) is 0. The molecule has 6 nitrogen and oxygen atoms in total. The van der Waals surface area contributed by atoms with Gasteiger partial charge >= 0.3 is 17.9 Å². The number of allylic oxidation sites excluding steroid dienone is 10. The quantitative estimate of drug-likeness (QED) is 0.0265. The van der Waals surface area contributed by atoms with Gasteiger partial charge in [0, 0.05) is 19.3 Å². The van der Waals surface area contributed by atoms with E-state index in [0.717, 1.165) is 83.5 Å². The van der Waals surface area contributed by atoms with Crippen LogP contribution in [0.3, 0.4) is 0 Å². The molecule has 0 bridgehead atoms. The van der Waals surface area contributed by atoms with Crippen LogP contribution in [0.5, 0.6) is 0 Å². The monoisotopic (exact) mass is 797 g/mol. The molecular formula is C51H88O6. The van der Waals surface area contributed by atoms with Crippen molar-refractivity contribution in [2.45, 2.75) is 232 Å². The number of carbonyl (C=O) groups is 3. The van der Waals surface area contributed by atoms with Crippen LogP contribution >= 0.6 is 0 Å². The Labute approximate surface area is 351 Å². The highest BCUT2D eigenvalue weighted by Crippen LogP contribution is 2.15. The SMILES string of the molecule is CC/C=C\C/C=C\C/C=C\CCCCC(=O)OC(COC(=O)CCCC/C=C\C/C=C\CC)COC(=O)CCCCCCCCCCCCCCCCCCCC. The fourth-order valence-electron chi connectivity index (χ4n) is 6.49. The molecular weight excluding hydrogens is 709 g/mol. The zero-order valence-electron chi connectivity index (χ0n) is 37.3. The molecule has 6 heteroatoms. The van der Waals surface area contributed by atoms with Crippen molar-refractivity contribution in [1.82, 2.24) is 0 Å². The van der Waals surface area contributed by atoms with Crippen molar-refractivity contribution in [3.8, 4) is 0 Å². The molecule has 0 aliphatic rings. The van der Waals surface area contributed by atoms with Gasteiger partial charge < -0.3 is 14.2 Å². The molecule has 0 aliphatic carbocycles. The molecule has 0 aromatic rings. The van der Waals surface area contributed by atoms with E-state index in [0.29, 0.717) is 19.3 Å². The molecule has 1 unspecified atom stereocenters. The van der Waals surface area contributed by atoms with Crippen LogP contribution in [0.4, 0.5) is 0 Å². The van der Waals surface area contributed by atoms with Crippen molar-refractivity contribution in [2.24, 2.45) is 0 Å². The Morgan fingerprint density at radius 2 is 0.684 bits per heavy atom. The van der Waals surface area contributed by atoms with Gasteiger partial charge in [-0.25, -0.2) is 0 Å². The van der Waals surface area contributed by atoms with Crippen molar-refractivity contribution in [1.29, 1.82) is 0 Å². The molecule has 0 N–H and O–H groups in total. The Morgan fingerprint density at radius 3 is 1.07 bits per heavy atom. The van der Waals surface area contributed by atoms with Gasteiger partial charge in [-0.05, 0) is 77.0 Å². The lowest BCUT2D eigenvalue weighted by atomic mass is 10.0. The van der Waals surface area contributed by atoms with Crippen molar-refractivity contribution in [2.75, 3.05) is 13.2 Å². The number of rotatable bonds is 42. The second-order valence-electron chi connectivity index (χ2n) is 15.6. The Hall–Kier alpha value is -2.89. The van der Waals surface area contributed by atoms with Gasteiger partial charge in [0.15, 0.2) is 6.10 Å². The van der Waals surface area contributed by atoms with Crippen molar-refractivity contribution >= 4 is 17.9 Å². The minimum Gasteiger partial charge on any atom is -0.462 e. The molecule has 0 rings (SSSR count). The minimum atomic E-state index is -0.802. The van der Waals surface area contributed by atoms with E-state index in [-0.39, 0.29) is 37.5 Å². The lowest BCUT2D eigenvalue weighted by molar-refractivity contribution is -0.167. The average molecular weight is 797 g/mol. The second-order valence-corrected chi connectivity index (χ2v) is 15.6. The van der Waals surface area contributed by atoms with E-state index in [2.05, 4.69) is 81.5 Å². The normalized spacial score (nSPS) is 12.5. The van der Waals surface area contributed by atoms with Crippen LogP contribution in [-0.4, -0.2) is 37.2 Å². The van der Waals surface area contributed by atoms with Crippen LogP contribution in [0.15, 0.2) is 60.8 Å². The summed E-state index contributed by atoms with van der Waals surface area (Å²) < 4.78 is 16.6. The van der Waals surface area contributed by atoms with Gasteiger partial charge in [0.1, 0.15) is 13.2 Å². The van der Waals surface area contributed by atoms with Crippen LogP contribution in [0.25, 0.3) is 0 Å². The van der Waals surface area contributed by atoms with Gasteiger partial charge in [0.05, 0.1) is 0 Å². The van der Waals surface area contributed by atoms with Crippen LogP contribution in [0.2, 0.25) is 0 Å². The maximum atomic E-state index is 12.7. The summed E-state index contributed by atoms with van der Waals surface area (Å²) in [6.45, 7) is 6.33. The first-order valence-electron chi connectivity index (χ1n) is 23.8. The zero-order chi connectivity index (χ0) is 41.5. The topological polar surface area (TPSA) is 78.9 Å². The second kappa shape index (κ2) is 45.8. The summed E-state index contributed by atoms with van der Waals surface area (Å²) in [4.78, 5) is 37.7. The van der Waals surface area contributed by atoms with E-state index in [1.807, 2.05) is 0 Å². The molecule has 0 saturated carbocycles. The van der Waals surface area contributed by atoms with E-state index in [1.54, 1.807) is 0 Å². The van der Waals surface area contributed by atoms with Gasteiger partial charge in [-0.1, -0.05) is 191 Å². The van der Waals surface area contributed by atoms with Crippen molar-refractivity contribution in [3.63, 3.8) is 0 Å². The third-order valence-electron chi connectivity index (χ3n) is 10.0. The molecule has 0 aliphatic heterocycles. The minimum absolute atomic E-state index is 0.0985. The first kappa shape index (κ1) is 54.1. The molecule has 0 amide bonds. The highest BCUT2D eigenvalue weighted by atomic mass is 16.6. The van der Waals surface area contributed by atoms with Gasteiger partial charge in [-0.2, -0.15) is 0 Å². The summed E-state index contributed by atoms with van der Waals surface area (Å²) in [5, 5.41) is 0. The summed E-state index contributed by atoms with van der Waals surface area (Å²) in [7, 11) is 0. The molecule has 328 valence electrons. The number of ether oxygens (including phenoxy) is 3. The van der Waals surface area contributed by atoms with Crippen LogP contribution in [-0.2, 0) is 28.6 Å². The van der Waals surface area contributed by atoms with Crippen LogP contribution in [0, 0.1) is 0 Å². The van der Waals surface area contributed by atoms with Crippen molar-refractivity contribution in [3.05, 3.63) is 60.8 Å². The number of esters is 3. The first-order valence-corrected chi connectivity index (χ1v) is 23.8. The van der Waals surface area contributed by atoms with E-state index < -0.39 is 6.10 Å². The largest absolute Gasteiger partial charge is 0.462 e. The Balaban J connectivity index is 4.33. The summed E-state index contributed by atoms with van der Waals surface area (Å²) >= 11 is 0. The standard InChI is InChI=1S/C51H88O6/c1-4-7-10-13-16-19-21-23-24-25-26-27-28-30-32-35-38-41-44-50(53)56-47-48(46-55-49(52)43-40-37-34-31-18-15-12-9-6-3)57-51(54)45-42-39-36-33-29-22-20-17-14-11-8-5-2/h8-9,11-12,17-18,20,29,31,33,48H,4-7,10,13-16,19,21-28,30,32,34-47H2,1-3H3/b11-8-,12-9-,20-17-,31-18-,33-29-. The molecule has 0 heterocycles. The number of hydrogen-bond acceptors (Lipinski definition) is 6. The number of unbranched alkanes of at least 4 members (excludes halogenated alkanes) is 21. The molecule has 1 atom stereocenters. The number of carbonyl (C=O) groups excluding carboxylic acids is 3. The van der Waals surface area contributed by atoms with Gasteiger partial charge in [-0.15, -0.1) is 0 Å². The molecule has 0 fully saturated rings. The van der Waals surface area contributed by atoms with Gasteiger partial charge in [0.25, 0.3) is 0 Å². The maximum absolute atomic E-state index is 12.7. The molecule has 0 saturated heterocycles. The van der Waals surface area contributed by atoms with Crippen LogP contribution < -0.4 is 0 Å². The Kier molecular flexibility index (Phi) is 43.5. The summed E-state index contributed by atoms with van der Waals surface area (Å²) in [5.41, 5.74) is 0. The summed E-state index contributed by atoms with van der Waals surface area (Å²) in [6, 6.07) is 0. The lowest BCUT2D eigenvalue weighted by Gasteiger charge is -2.18. The lowest BCUT2D eigenvalue weighted by Crippen LogP contribution is -2.30. The summed E-state index contributed by atoms with van der Waals surface area (Å²) in [5.74, 6) is -0.977. The molecule has 0 radical (unpaired) electrons. The van der Waals surface area contributed by atoms with E-state index in [4.69, 9.17) is 14.2 Å². The molecule has 0 aromatic heterocycles. The third-order valence-corrected chi connectivity index (χ3v) is 10.0. The van der Waals surface area contributed by atoms with Crippen LogP contribution in [0.1, 0.15) is 226 Å². The maximum Gasteiger partial charge on any atom is 0.306 e. The van der Waals surface area contributed by atoms with E-state index >= 15 is 0 Å². The zero-order valence-corrected chi connectivity index (χ0v) is 37.3. The highest BCUT2D eigenvalue weighted by Gasteiger charge is 2.19. The molecule has 0 aromatic carbocycles. The predicted octanol–water partition coefficient (Wildman–Crippen LogP) is 15.3. The molecule has 57 heavy (non-hydrogen) atoms. The third kappa shape index (κ3) is 44.1. The van der Waals surface area contributed by atoms with E-state index in [9.17, 15) is 14.4 Å². The average Bonchev–Trinajstić information content (AvgIpc) is 3.21. The fraction of sp³-hybridized carbons (Fsp3) is 0.745. The first-order chi connectivity index (χ1) is 28.0. The highest BCUT2D eigenvalue weighted by molar-refractivity contribution is 5.71. The van der Waals surface area contributed by atoms with Gasteiger partial charge in [-0.3, -0.25) is 14.4 Å². The molecule has 0 spiro atoms. The summed E-state index contributed by atoms with van der Waals surface area (Å²) in [6.07, 6.45) is 55.2. The van der Waals surface area contributed by atoms with Gasteiger partial charge in [0.2, 0.25) is 0 Å². The Bertz CT molecular complexity index is 1050. The smallest absolute Gasteiger partial charge is 0.306 e. The van der Waals surface area contributed by atoms with Crippen molar-refractivity contribution < 1.29 is 28.6 Å².